The number of fused-ring (bicyclic) bond motifs is 1. The van der Waals surface area contributed by atoms with E-state index in [-0.39, 0.29) is 11.8 Å². The molecule has 26 heavy (non-hydrogen) atoms. The van der Waals surface area contributed by atoms with Crippen LogP contribution in [-0.2, 0) is 4.79 Å². The van der Waals surface area contributed by atoms with Gasteiger partial charge in [0, 0.05) is 30.3 Å². The van der Waals surface area contributed by atoms with Crippen LogP contribution in [0.15, 0.2) is 36.4 Å². The van der Waals surface area contributed by atoms with Gasteiger partial charge in [0.2, 0.25) is 5.91 Å². The molecule has 2 aromatic carbocycles. The first kappa shape index (κ1) is 17.6. The highest BCUT2D eigenvalue weighted by Gasteiger charge is 2.21. The number of carbonyl (C=O) groups is 2. The zero-order chi connectivity index (χ0) is 18.7. The predicted octanol–water partition coefficient (Wildman–Crippen LogP) is 2.70. The van der Waals surface area contributed by atoms with E-state index in [1.54, 1.807) is 41.3 Å². The van der Waals surface area contributed by atoms with Crippen molar-refractivity contribution in [1.29, 1.82) is 0 Å². The summed E-state index contributed by atoms with van der Waals surface area (Å²) in [4.78, 5) is 25.9. The Hall–Kier alpha value is -3.22. The van der Waals surface area contributed by atoms with E-state index >= 15 is 0 Å². The Morgan fingerprint density at radius 2 is 1.77 bits per heavy atom. The SMILES string of the molecule is COc1cc(OC)cc(C(=O)Nc2ccc3c(c2)OCCN3C(C)=O)c1. The molecule has 0 saturated heterocycles. The third-order valence-electron chi connectivity index (χ3n) is 4.07. The molecule has 1 aliphatic rings. The van der Waals surface area contributed by atoms with E-state index in [1.807, 2.05) is 0 Å². The van der Waals surface area contributed by atoms with E-state index in [4.69, 9.17) is 14.2 Å². The van der Waals surface area contributed by atoms with Crippen molar-refractivity contribution in [2.75, 3.05) is 37.6 Å². The Kier molecular flexibility index (Phi) is 4.97. The Morgan fingerprint density at radius 1 is 1.08 bits per heavy atom. The Labute approximate surface area is 151 Å². The molecule has 0 atom stereocenters. The first-order chi connectivity index (χ1) is 12.5. The monoisotopic (exact) mass is 356 g/mol. The number of benzene rings is 2. The number of ether oxygens (including phenoxy) is 3. The molecule has 7 nitrogen and oxygen atoms in total. The van der Waals surface area contributed by atoms with E-state index in [2.05, 4.69) is 5.32 Å². The van der Waals surface area contributed by atoms with Crippen LogP contribution in [0.3, 0.4) is 0 Å². The van der Waals surface area contributed by atoms with Gasteiger partial charge in [-0.25, -0.2) is 0 Å². The maximum absolute atomic E-state index is 12.6. The maximum Gasteiger partial charge on any atom is 0.255 e. The van der Waals surface area contributed by atoms with Gasteiger partial charge in [-0.3, -0.25) is 9.59 Å². The normalized spacial score (nSPS) is 12.7. The van der Waals surface area contributed by atoms with Crippen molar-refractivity contribution in [1.82, 2.24) is 0 Å². The number of amides is 2. The van der Waals surface area contributed by atoms with E-state index in [0.717, 1.165) is 0 Å². The minimum Gasteiger partial charge on any atom is -0.497 e. The summed E-state index contributed by atoms with van der Waals surface area (Å²) in [6, 6.07) is 10.2. The molecule has 0 unspecified atom stereocenters. The summed E-state index contributed by atoms with van der Waals surface area (Å²) < 4.78 is 16.0. The van der Waals surface area contributed by atoms with Crippen LogP contribution in [0.2, 0.25) is 0 Å². The summed E-state index contributed by atoms with van der Waals surface area (Å²) in [5, 5.41) is 2.82. The molecular formula is C19H20N2O5. The second-order valence-corrected chi connectivity index (χ2v) is 5.76. The number of hydrogen-bond acceptors (Lipinski definition) is 5. The largest absolute Gasteiger partial charge is 0.497 e. The maximum atomic E-state index is 12.6. The third-order valence-corrected chi connectivity index (χ3v) is 4.07. The topological polar surface area (TPSA) is 77.1 Å². The molecule has 0 spiro atoms. The quantitative estimate of drug-likeness (QED) is 0.911. The van der Waals surface area contributed by atoms with Crippen molar-refractivity contribution in [3.05, 3.63) is 42.0 Å². The molecule has 3 rings (SSSR count). The van der Waals surface area contributed by atoms with Crippen LogP contribution in [0, 0.1) is 0 Å². The van der Waals surface area contributed by atoms with Gasteiger partial charge in [-0.2, -0.15) is 0 Å². The number of hydrogen-bond donors (Lipinski definition) is 1. The van der Waals surface area contributed by atoms with Gasteiger partial charge < -0.3 is 24.4 Å². The van der Waals surface area contributed by atoms with Gasteiger partial charge >= 0.3 is 0 Å². The summed E-state index contributed by atoms with van der Waals surface area (Å²) in [5.74, 6) is 1.27. The molecule has 136 valence electrons. The Balaban J connectivity index is 1.83. The highest BCUT2D eigenvalue weighted by molar-refractivity contribution is 6.05. The summed E-state index contributed by atoms with van der Waals surface area (Å²) in [7, 11) is 3.05. The smallest absolute Gasteiger partial charge is 0.255 e. The second-order valence-electron chi connectivity index (χ2n) is 5.76. The van der Waals surface area contributed by atoms with Crippen molar-refractivity contribution < 1.29 is 23.8 Å². The molecule has 0 radical (unpaired) electrons. The molecule has 1 aliphatic heterocycles. The van der Waals surface area contributed by atoms with Gasteiger partial charge in [-0.1, -0.05) is 0 Å². The molecule has 1 heterocycles. The number of nitrogens with one attached hydrogen (secondary N) is 1. The predicted molar refractivity (Wildman–Crippen MR) is 97.5 cm³/mol. The van der Waals surface area contributed by atoms with Crippen molar-refractivity contribution in [2.45, 2.75) is 6.92 Å². The number of carbonyl (C=O) groups excluding carboxylic acids is 2. The van der Waals surface area contributed by atoms with Gasteiger partial charge in [0.25, 0.3) is 5.91 Å². The minimum absolute atomic E-state index is 0.0465. The highest BCUT2D eigenvalue weighted by atomic mass is 16.5. The zero-order valence-corrected chi connectivity index (χ0v) is 14.9. The fourth-order valence-corrected chi connectivity index (χ4v) is 2.77. The van der Waals surface area contributed by atoms with Crippen molar-refractivity contribution in [3.8, 4) is 17.2 Å². The average molecular weight is 356 g/mol. The molecule has 0 saturated carbocycles. The summed E-state index contributed by atoms with van der Waals surface area (Å²) >= 11 is 0. The highest BCUT2D eigenvalue weighted by Crippen LogP contribution is 2.34. The van der Waals surface area contributed by atoms with Crippen molar-refractivity contribution >= 4 is 23.2 Å². The van der Waals surface area contributed by atoms with Gasteiger partial charge in [0.15, 0.2) is 0 Å². The Morgan fingerprint density at radius 3 is 2.38 bits per heavy atom. The van der Waals surface area contributed by atoms with Crippen molar-refractivity contribution in [2.24, 2.45) is 0 Å². The molecule has 2 aromatic rings. The average Bonchev–Trinajstić information content (AvgIpc) is 2.66. The van der Waals surface area contributed by atoms with Crippen LogP contribution in [0.1, 0.15) is 17.3 Å². The van der Waals surface area contributed by atoms with Gasteiger partial charge in [0.1, 0.15) is 23.9 Å². The van der Waals surface area contributed by atoms with Crippen LogP contribution in [0.4, 0.5) is 11.4 Å². The van der Waals surface area contributed by atoms with E-state index in [1.165, 1.54) is 21.1 Å². The van der Waals surface area contributed by atoms with Gasteiger partial charge in [-0.05, 0) is 24.3 Å². The zero-order valence-electron chi connectivity index (χ0n) is 14.9. The van der Waals surface area contributed by atoms with Crippen LogP contribution < -0.4 is 24.4 Å². The fraction of sp³-hybridized carbons (Fsp3) is 0.263. The number of methoxy groups -OCH3 is 2. The molecule has 0 fully saturated rings. The summed E-state index contributed by atoms with van der Waals surface area (Å²) in [6.07, 6.45) is 0. The number of rotatable bonds is 4. The summed E-state index contributed by atoms with van der Waals surface area (Å²) in [6.45, 7) is 2.44. The minimum atomic E-state index is -0.304. The van der Waals surface area contributed by atoms with Crippen LogP contribution in [-0.4, -0.2) is 39.2 Å². The van der Waals surface area contributed by atoms with Crippen LogP contribution >= 0.6 is 0 Å². The first-order valence-electron chi connectivity index (χ1n) is 8.11. The van der Waals surface area contributed by atoms with Crippen LogP contribution in [0.25, 0.3) is 0 Å². The summed E-state index contributed by atoms with van der Waals surface area (Å²) in [5.41, 5.74) is 1.68. The van der Waals surface area contributed by atoms with Crippen LogP contribution in [0.5, 0.6) is 17.2 Å². The molecule has 7 heteroatoms. The van der Waals surface area contributed by atoms with E-state index < -0.39 is 0 Å². The standard InChI is InChI=1S/C19H20N2O5/c1-12(22)21-6-7-26-18-10-14(4-5-17(18)21)20-19(23)13-8-15(24-2)11-16(9-13)25-3/h4-5,8-11H,6-7H2,1-3H3,(H,20,23). The van der Waals surface area contributed by atoms with Gasteiger partial charge in [0.05, 0.1) is 26.5 Å². The fourth-order valence-electron chi connectivity index (χ4n) is 2.77. The van der Waals surface area contributed by atoms with E-state index in [9.17, 15) is 9.59 Å². The number of nitrogens with zero attached hydrogens (tertiary/aromatic N) is 1. The molecule has 2 amide bonds. The van der Waals surface area contributed by atoms with Crippen molar-refractivity contribution in [3.63, 3.8) is 0 Å². The number of anilines is 2. The molecular weight excluding hydrogens is 336 g/mol. The first-order valence-corrected chi connectivity index (χ1v) is 8.11. The Bertz CT molecular complexity index is 828. The molecule has 1 N–H and O–H groups in total. The van der Waals surface area contributed by atoms with E-state index in [0.29, 0.717) is 47.3 Å². The molecule has 0 aliphatic carbocycles. The lowest BCUT2D eigenvalue weighted by atomic mass is 10.1. The molecule has 0 aromatic heterocycles. The third kappa shape index (κ3) is 3.56. The molecule has 0 bridgehead atoms. The lowest BCUT2D eigenvalue weighted by molar-refractivity contribution is -0.116. The van der Waals surface area contributed by atoms with Gasteiger partial charge in [-0.15, -0.1) is 0 Å². The lowest BCUT2D eigenvalue weighted by Crippen LogP contribution is -2.36. The second kappa shape index (κ2) is 7.35. The lowest BCUT2D eigenvalue weighted by Gasteiger charge is -2.29.